The first-order valence-corrected chi connectivity index (χ1v) is 8.08. The Bertz CT molecular complexity index is 774. The van der Waals surface area contributed by atoms with Crippen LogP contribution in [-0.2, 0) is 9.53 Å². The van der Waals surface area contributed by atoms with Crippen molar-refractivity contribution in [3.63, 3.8) is 0 Å². The number of ether oxygens (including phenoxy) is 2. The molecule has 1 N–H and O–H groups in total. The van der Waals surface area contributed by atoms with Crippen LogP contribution < -0.4 is 10.1 Å². The van der Waals surface area contributed by atoms with Gasteiger partial charge in [-0.05, 0) is 55.3 Å². The Morgan fingerprint density at radius 1 is 1.17 bits per heavy atom. The number of anilines is 1. The lowest BCUT2D eigenvalue weighted by Gasteiger charge is -2.12. The fourth-order valence-corrected chi connectivity index (χ4v) is 2.39. The quantitative estimate of drug-likeness (QED) is 0.785. The van der Waals surface area contributed by atoms with Crippen LogP contribution in [0.1, 0.15) is 21.5 Å². The summed E-state index contributed by atoms with van der Waals surface area (Å²) in [4.78, 5) is 23.8. The van der Waals surface area contributed by atoms with Crippen molar-refractivity contribution in [2.24, 2.45) is 0 Å². The summed E-state index contributed by atoms with van der Waals surface area (Å²) in [5, 5.41) is 2.74. The highest BCUT2D eigenvalue weighted by Crippen LogP contribution is 2.22. The van der Waals surface area contributed by atoms with E-state index in [1.165, 1.54) is 7.11 Å². The van der Waals surface area contributed by atoms with Crippen molar-refractivity contribution in [1.29, 1.82) is 0 Å². The van der Waals surface area contributed by atoms with Gasteiger partial charge in [0.15, 0.2) is 6.61 Å². The van der Waals surface area contributed by atoms with Gasteiger partial charge in [0.2, 0.25) is 0 Å². The third-order valence-electron chi connectivity index (χ3n) is 3.51. The summed E-state index contributed by atoms with van der Waals surface area (Å²) in [6.07, 6.45) is 0. The molecule has 0 heterocycles. The van der Waals surface area contributed by atoms with Crippen LogP contribution in [0.2, 0.25) is 0 Å². The number of carbonyl (C=O) groups is 2. The first-order valence-electron chi connectivity index (χ1n) is 7.29. The molecule has 0 spiro atoms. The number of rotatable bonds is 5. The molecule has 24 heavy (non-hydrogen) atoms. The van der Waals surface area contributed by atoms with Crippen molar-refractivity contribution < 1.29 is 19.1 Å². The van der Waals surface area contributed by atoms with Crippen molar-refractivity contribution in [2.75, 3.05) is 19.0 Å². The molecule has 0 bridgehead atoms. The van der Waals surface area contributed by atoms with Crippen LogP contribution in [0.5, 0.6) is 5.75 Å². The number of aryl methyl sites for hydroxylation is 1. The Balaban J connectivity index is 2.02. The number of halogens is 1. The molecule has 0 saturated carbocycles. The molecule has 0 aliphatic rings. The molecule has 0 unspecified atom stereocenters. The monoisotopic (exact) mass is 391 g/mol. The van der Waals surface area contributed by atoms with Gasteiger partial charge in [-0.25, -0.2) is 4.79 Å². The number of nitrogens with one attached hydrogen (secondary N) is 1. The minimum atomic E-state index is -0.440. The van der Waals surface area contributed by atoms with Gasteiger partial charge >= 0.3 is 5.97 Å². The summed E-state index contributed by atoms with van der Waals surface area (Å²) in [6, 6.07) is 10.6. The summed E-state index contributed by atoms with van der Waals surface area (Å²) < 4.78 is 11.2. The van der Waals surface area contributed by atoms with Crippen molar-refractivity contribution in [3.05, 3.63) is 57.6 Å². The average molecular weight is 392 g/mol. The molecule has 0 aliphatic heterocycles. The van der Waals surface area contributed by atoms with Crippen molar-refractivity contribution >= 4 is 33.5 Å². The highest BCUT2D eigenvalue weighted by atomic mass is 79.9. The lowest BCUT2D eigenvalue weighted by atomic mass is 10.1. The normalized spacial score (nSPS) is 10.2. The van der Waals surface area contributed by atoms with Crippen LogP contribution in [0.4, 0.5) is 5.69 Å². The van der Waals surface area contributed by atoms with Crippen molar-refractivity contribution in [2.45, 2.75) is 13.8 Å². The molecule has 0 fully saturated rings. The molecule has 2 rings (SSSR count). The van der Waals surface area contributed by atoms with E-state index in [0.717, 1.165) is 10.0 Å². The summed E-state index contributed by atoms with van der Waals surface area (Å²) in [5.41, 5.74) is 2.64. The van der Waals surface area contributed by atoms with E-state index in [4.69, 9.17) is 9.47 Å². The van der Waals surface area contributed by atoms with Gasteiger partial charge in [-0.3, -0.25) is 4.79 Å². The number of hydrogen-bond donors (Lipinski definition) is 1. The molecular formula is C18H18BrNO4. The molecule has 0 aromatic heterocycles. The standard InChI is InChI=1S/C18H18BrNO4/c1-11-9-13(7-8-15(11)19)24-10-17(21)20-16-6-4-5-14(12(16)2)18(22)23-3/h4-9H,10H2,1-3H3,(H,20,21). The molecule has 0 saturated heterocycles. The van der Waals surface area contributed by atoms with Crippen LogP contribution in [0.15, 0.2) is 40.9 Å². The van der Waals surface area contributed by atoms with Gasteiger partial charge in [-0.2, -0.15) is 0 Å². The molecule has 6 heteroatoms. The Kier molecular flexibility index (Phi) is 5.98. The first-order chi connectivity index (χ1) is 11.4. The largest absolute Gasteiger partial charge is 0.484 e. The second-order valence-electron chi connectivity index (χ2n) is 5.22. The Hall–Kier alpha value is -2.34. The topological polar surface area (TPSA) is 64.6 Å². The Morgan fingerprint density at radius 3 is 2.58 bits per heavy atom. The van der Waals surface area contributed by atoms with Crippen LogP contribution in [0.25, 0.3) is 0 Å². The average Bonchev–Trinajstić information content (AvgIpc) is 2.57. The molecule has 5 nitrogen and oxygen atoms in total. The highest BCUT2D eigenvalue weighted by molar-refractivity contribution is 9.10. The molecule has 0 radical (unpaired) electrons. The van der Waals surface area contributed by atoms with Gasteiger partial charge in [-0.15, -0.1) is 0 Å². The zero-order chi connectivity index (χ0) is 17.7. The Labute approximate surface area is 149 Å². The van der Waals surface area contributed by atoms with E-state index in [9.17, 15) is 9.59 Å². The third kappa shape index (κ3) is 4.35. The predicted molar refractivity (Wildman–Crippen MR) is 95.5 cm³/mol. The fraction of sp³-hybridized carbons (Fsp3) is 0.222. The van der Waals surface area contributed by atoms with Gasteiger partial charge in [0.1, 0.15) is 5.75 Å². The minimum Gasteiger partial charge on any atom is -0.484 e. The minimum absolute atomic E-state index is 0.122. The Morgan fingerprint density at radius 2 is 1.92 bits per heavy atom. The number of carbonyl (C=O) groups excluding carboxylic acids is 2. The van der Waals surface area contributed by atoms with Crippen LogP contribution >= 0.6 is 15.9 Å². The molecule has 0 aliphatic carbocycles. The van der Waals surface area contributed by atoms with E-state index in [1.54, 1.807) is 31.2 Å². The maximum absolute atomic E-state index is 12.1. The van der Waals surface area contributed by atoms with Gasteiger partial charge in [0.25, 0.3) is 5.91 Å². The van der Waals surface area contributed by atoms with E-state index in [-0.39, 0.29) is 12.5 Å². The SMILES string of the molecule is COC(=O)c1cccc(NC(=O)COc2ccc(Br)c(C)c2)c1C. The molecule has 1 amide bonds. The van der Waals surface area contributed by atoms with E-state index >= 15 is 0 Å². The fourth-order valence-electron chi connectivity index (χ4n) is 2.14. The molecule has 2 aromatic rings. The molecule has 126 valence electrons. The third-order valence-corrected chi connectivity index (χ3v) is 4.40. The number of amides is 1. The lowest BCUT2D eigenvalue weighted by Crippen LogP contribution is -2.21. The zero-order valence-electron chi connectivity index (χ0n) is 13.7. The van der Waals surface area contributed by atoms with E-state index < -0.39 is 5.97 Å². The maximum atomic E-state index is 12.1. The number of esters is 1. The molecule has 0 atom stereocenters. The maximum Gasteiger partial charge on any atom is 0.338 e. The summed E-state index contributed by atoms with van der Waals surface area (Å²) in [5.74, 6) is -0.128. The van der Waals surface area contributed by atoms with Crippen LogP contribution in [-0.4, -0.2) is 25.6 Å². The van der Waals surface area contributed by atoms with Gasteiger partial charge in [0.05, 0.1) is 12.7 Å². The number of hydrogen-bond acceptors (Lipinski definition) is 4. The highest BCUT2D eigenvalue weighted by Gasteiger charge is 2.13. The van der Waals surface area contributed by atoms with Gasteiger partial charge in [0, 0.05) is 10.2 Å². The lowest BCUT2D eigenvalue weighted by molar-refractivity contribution is -0.118. The van der Waals surface area contributed by atoms with Crippen molar-refractivity contribution in [1.82, 2.24) is 0 Å². The van der Waals surface area contributed by atoms with Crippen LogP contribution in [0, 0.1) is 13.8 Å². The number of methoxy groups -OCH3 is 1. The van der Waals surface area contributed by atoms with Gasteiger partial charge < -0.3 is 14.8 Å². The molecule has 2 aromatic carbocycles. The summed E-state index contributed by atoms with van der Waals surface area (Å²) in [6.45, 7) is 3.57. The van der Waals surface area contributed by atoms with E-state index in [2.05, 4.69) is 21.2 Å². The number of benzene rings is 2. The first kappa shape index (κ1) is 18.0. The van der Waals surface area contributed by atoms with Crippen molar-refractivity contribution in [3.8, 4) is 5.75 Å². The second kappa shape index (κ2) is 7.97. The summed E-state index contributed by atoms with van der Waals surface area (Å²) >= 11 is 3.41. The predicted octanol–water partition coefficient (Wildman–Crippen LogP) is 3.87. The van der Waals surface area contributed by atoms with E-state index in [0.29, 0.717) is 22.6 Å². The smallest absolute Gasteiger partial charge is 0.338 e. The van der Waals surface area contributed by atoms with E-state index in [1.807, 2.05) is 19.1 Å². The molecular weight excluding hydrogens is 374 g/mol. The second-order valence-corrected chi connectivity index (χ2v) is 6.07. The summed E-state index contributed by atoms with van der Waals surface area (Å²) in [7, 11) is 1.32. The zero-order valence-corrected chi connectivity index (χ0v) is 15.3. The van der Waals surface area contributed by atoms with Crippen LogP contribution in [0.3, 0.4) is 0 Å². The van der Waals surface area contributed by atoms with Gasteiger partial charge in [-0.1, -0.05) is 22.0 Å².